The van der Waals surface area contributed by atoms with Crippen molar-refractivity contribution >= 4 is 29.1 Å². The summed E-state index contributed by atoms with van der Waals surface area (Å²) < 4.78 is 7.22. The van der Waals surface area contributed by atoms with E-state index in [1.54, 1.807) is 29.1 Å². The first-order chi connectivity index (χ1) is 15.1. The number of nitrogens with zero attached hydrogens (tertiary/aromatic N) is 4. The van der Waals surface area contributed by atoms with Crippen molar-refractivity contribution in [2.75, 3.05) is 36.9 Å². The molecule has 3 heterocycles. The van der Waals surface area contributed by atoms with Gasteiger partial charge in [-0.15, -0.1) is 0 Å². The van der Waals surface area contributed by atoms with Gasteiger partial charge in [0.05, 0.1) is 18.8 Å². The molecule has 1 aliphatic heterocycles. The quantitative estimate of drug-likeness (QED) is 0.522. The number of aromatic nitrogens is 3. The number of hydrogen-bond acceptors (Lipinski definition) is 6. The Morgan fingerprint density at radius 3 is 2.81 bits per heavy atom. The summed E-state index contributed by atoms with van der Waals surface area (Å²) in [6.45, 7) is 3.16. The number of hydrogen-bond donors (Lipinski definition) is 2. The van der Waals surface area contributed by atoms with Crippen LogP contribution >= 0.6 is 11.6 Å². The summed E-state index contributed by atoms with van der Waals surface area (Å²) in [7, 11) is 0. The molecule has 0 unspecified atom stereocenters. The lowest BCUT2D eigenvalue weighted by Crippen LogP contribution is -2.28. The minimum Gasteiger partial charge on any atom is -0.492 e. The molecule has 0 aliphatic carbocycles. The molecular weight excluding hydrogens is 416 g/mol. The van der Waals surface area contributed by atoms with Crippen LogP contribution in [-0.2, 0) is 6.54 Å². The lowest BCUT2D eigenvalue weighted by atomic mass is 10.3. The van der Waals surface area contributed by atoms with E-state index in [1.807, 2.05) is 24.3 Å². The van der Waals surface area contributed by atoms with Crippen LogP contribution in [0.4, 0.5) is 11.6 Å². The first kappa shape index (κ1) is 21.0. The van der Waals surface area contributed by atoms with Crippen LogP contribution in [0.15, 0.2) is 48.7 Å². The van der Waals surface area contributed by atoms with Crippen LogP contribution in [-0.4, -0.2) is 46.9 Å². The van der Waals surface area contributed by atoms with E-state index in [0.717, 1.165) is 24.6 Å². The van der Waals surface area contributed by atoms with Gasteiger partial charge in [0, 0.05) is 24.3 Å². The Hall–Kier alpha value is -3.26. The number of nitrogen functional groups attached to an aromatic ring is 1. The van der Waals surface area contributed by atoms with E-state index in [2.05, 4.69) is 15.3 Å². The van der Waals surface area contributed by atoms with E-state index in [4.69, 9.17) is 27.1 Å². The van der Waals surface area contributed by atoms with Gasteiger partial charge in [0.1, 0.15) is 23.7 Å². The standard InChI is InChI=1S/C22H25ClN6O2/c23-16-5-3-7-18(13-16)31-12-9-25-22(30)19-15-29(27-21(19)24)14-17-6-4-8-20(26-17)28-10-1-2-11-28/h3-8,13,15H,1-2,9-12,14H2,(H2,24,27)(H,25,30). The van der Waals surface area contributed by atoms with Crippen molar-refractivity contribution in [1.82, 2.24) is 20.1 Å². The van der Waals surface area contributed by atoms with E-state index in [0.29, 0.717) is 36.0 Å². The zero-order valence-corrected chi connectivity index (χ0v) is 17.9. The van der Waals surface area contributed by atoms with Crippen molar-refractivity contribution in [3.8, 4) is 5.75 Å². The second-order valence-electron chi connectivity index (χ2n) is 7.37. The van der Waals surface area contributed by atoms with Gasteiger partial charge >= 0.3 is 0 Å². The fourth-order valence-electron chi connectivity index (χ4n) is 3.52. The molecular formula is C22H25ClN6O2. The third-order valence-corrected chi connectivity index (χ3v) is 5.27. The zero-order valence-electron chi connectivity index (χ0n) is 17.1. The maximum Gasteiger partial charge on any atom is 0.256 e. The topological polar surface area (TPSA) is 98.3 Å². The molecule has 4 rings (SSSR count). The summed E-state index contributed by atoms with van der Waals surface area (Å²) in [6.07, 6.45) is 4.04. The number of nitrogens with two attached hydrogens (primary N) is 1. The Morgan fingerprint density at radius 2 is 2.00 bits per heavy atom. The molecule has 1 aliphatic rings. The molecule has 1 amide bonds. The molecule has 8 nitrogen and oxygen atoms in total. The highest BCUT2D eigenvalue weighted by Crippen LogP contribution is 2.19. The lowest BCUT2D eigenvalue weighted by Gasteiger charge is -2.16. The average Bonchev–Trinajstić information content (AvgIpc) is 3.41. The van der Waals surface area contributed by atoms with Crippen molar-refractivity contribution < 1.29 is 9.53 Å². The molecule has 3 N–H and O–H groups in total. The monoisotopic (exact) mass is 440 g/mol. The Bertz CT molecular complexity index is 1050. The number of carbonyl (C=O) groups excluding carboxylic acids is 1. The van der Waals surface area contributed by atoms with Crippen LogP contribution in [0, 0.1) is 0 Å². The maximum absolute atomic E-state index is 12.5. The number of halogens is 1. The van der Waals surface area contributed by atoms with Crippen molar-refractivity contribution in [3.63, 3.8) is 0 Å². The van der Waals surface area contributed by atoms with Crippen LogP contribution in [0.2, 0.25) is 5.02 Å². The fraction of sp³-hybridized carbons (Fsp3) is 0.318. The Kier molecular flexibility index (Phi) is 6.57. The first-order valence-electron chi connectivity index (χ1n) is 10.3. The summed E-state index contributed by atoms with van der Waals surface area (Å²) in [5, 5.41) is 7.67. The normalized spacial score (nSPS) is 13.4. The minimum atomic E-state index is -0.294. The van der Waals surface area contributed by atoms with Gasteiger partial charge in [-0.3, -0.25) is 9.48 Å². The molecule has 9 heteroatoms. The van der Waals surface area contributed by atoms with Gasteiger partial charge in [-0.2, -0.15) is 5.10 Å². The minimum absolute atomic E-state index is 0.184. The number of carbonyl (C=O) groups is 1. The predicted octanol–water partition coefficient (Wildman–Crippen LogP) is 2.97. The van der Waals surface area contributed by atoms with Crippen molar-refractivity contribution in [3.05, 3.63) is 64.9 Å². The Balaban J connectivity index is 1.32. The summed E-state index contributed by atoms with van der Waals surface area (Å²) in [4.78, 5) is 19.5. The number of ether oxygens (including phenoxy) is 1. The van der Waals surface area contributed by atoms with Crippen molar-refractivity contribution in [2.45, 2.75) is 19.4 Å². The number of pyridine rings is 1. The molecule has 1 fully saturated rings. The van der Waals surface area contributed by atoms with Crippen LogP contribution in [0.1, 0.15) is 28.9 Å². The molecule has 1 saturated heterocycles. The highest BCUT2D eigenvalue weighted by molar-refractivity contribution is 6.30. The molecule has 1 aromatic carbocycles. The highest BCUT2D eigenvalue weighted by atomic mass is 35.5. The van der Waals surface area contributed by atoms with Gasteiger partial charge in [-0.1, -0.05) is 23.7 Å². The fourth-order valence-corrected chi connectivity index (χ4v) is 3.70. The van der Waals surface area contributed by atoms with E-state index >= 15 is 0 Å². The van der Waals surface area contributed by atoms with Crippen molar-refractivity contribution in [1.29, 1.82) is 0 Å². The van der Waals surface area contributed by atoms with E-state index < -0.39 is 0 Å². The Morgan fingerprint density at radius 1 is 1.19 bits per heavy atom. The van der Waals surface area contributed by atoms with Crippen LogP contribution in [0.5, 0.6) is 5.75 Å². The molecule has 0 bridgehead atoms. The molecule has 31 heavy (non-hydrogen) atoms. The van der Waals surface area contributed by atoms with Gasteiger partial charge in [0.2, 0.25) is 0 Å². The maximum atomic E-state index is 12.5. The van der Waals surface area contributed by atoms with E-state index in [9.17, 15) is 4.79 Å². The van der Waals surface area contributed by atoms with E-state index in [-0.39, 0.29) is 11.7 Å². The average molecular weight is 441 g/mol. The molecule has 2 aromatic heterocycles. The molecule has 0 spiro atoms. The van der Waals surface area contributed by atoms with Crippen LogP contribution in [0.25, 0.3) is 0 Å². The number of nitrogens with one attached hydrogen (secondary N) is 1. The predicted molar refractivity (Wildman–Crippen MR) is 121 cm³/mol. The lowest BCUT2D eigenvalue weighted by molar-refractivity contribution is 0.0947. The largest absolute Gasteiger partial charge is 0.492 e. The van der Waals surface area contributed by atoms with E-state index in [1.165, 1.54) is 12.8 Å². The molecule has 0 radical (unpaired) electrons. The number of amides is 1. The molecule has 0 atom stereocenters. The molecule has 162 valence electrons. The van der Waals surface area contributed by atoms with Crippen molar-refractivity contribution in [2.24, 2.45) is 0 Å². The highest BCUT2D eigenvalue weighted by Gasteiger charge is 2.16. The van der Waals surface area contributed by atoms with Crippen LogP contribution in [0.3, 0.4) is 0 Å². The summed E-state index contributed by atoms with van der Waals surface area (Å²) in [5.74, 6) is 1.52. The molecule has 0 saturated carbocycles. The smallest absolute Gasteiger partial charge is 0.256 e. The van der Waals surface area contributed by atoms with Crippen LogP contribution < -0.4 is 20.7 Å². The summed E-state index contributed by atoms with van der Waals surface area (Å²) in [5.41, 5.74) is 7.17. The summed E-state index contributed by atoms with van der Waals surface area (Å²) >= 11 is 5.93. The third kappa shape index (κ3) is 5.46. The second kappa shape index (κ2) is 9.70. The van der Waals surface area contributed by atoms with Gasteiger partial charge < -0.3 is 20.7 Å². The second-order valence-corrected chi connectivity index (χ2v) is 7.81. The Labute approximate surface area is 186 Å². The molecule has 3 aromatic rings. The number of rotatable bonds is 8. The third-order valence-electron chi connectivity index (χ3n) is 5.03. The SMILES string of the molecule is Nc1nn(Cc2cccc(N3CCCC3)n2)cc1C(=O)NCCOc1cccc(Cl)c1. The number of benzene rings is 1. The van der Waals surface area contributed by atoms with Gasteiger partial charge in [-0.05, 0) is 43.2 Å². The van der Waals surface area contributed by atoms with Gasteiger partial charge in [-0.25, -0.2) is 4.98 Å². The number of anilines is 2. The zero-order chi connectivity index (χ0) is 21.6. The van der Waals surface area contributed by atoms with Gasteiger partial charge in [0.15, 0.2) is 5.82 Å². The van der Waals surface area contributed by atoms with Gasteiger partial charge in [0.25, 0.3) is 5.91 Å². The first-order valence-corrected chi connectivity index (χ1v) is 10.7. The summed E-state index contributed by atoms with van der Waals surface area (Å²) in [6, 6.07) is 13.1.